The molecule has 0 bridgehead atoms. The zero-order chi connectivity index (χ0) is 12.6. The van der Waals surface area contributed by atoms with Gasteiger partial charge in [-0.15, -0.1) is 11.3 Å². The van der Waals surface area contributed by atoms with Gasteiger partial charge in [-0.05, 0) is 30.4 Å². The maximum absolute atomic E-state index is 13.0. The second-order valence-electron chi connectivity index (χ2n) is 3.71. The van der Waals surface area contributed by atoms with Gasteiger partial charge in [0.25, 0.3) is 0 Å². The Labute approximate surface area is 95.9 Å². The van der Waals surface area contributed by atoms with Gasteiger partial charge in [-0.3, -0.25) is 0 Å². The van der Waals surface area contributed by atoms with Crippen LogP contribution in [0.3, 0.4) is 0 Å². The molecule has 2 nitrogen and oxygen atoms in total. The molecule has 0 aliphatic rings. The molecule has 0 aliphatic heterocycles. The van der Waals surface area contributed by atoms with Crippen LogP contribution < -0.4 is 5.73 Å². The highest BCUT2D eigenvalue weighted by Crippen LogP contribution is 2.44. The first kappa shape index (κ1) is 13.5. The second-order valence-corrected chi connectivity index (χ2v) is 4.63. The van der Waals surface area contributed by atoms with E-state index in [0.717, 1.165) is 11.3 Å². The van der Waals surface area contributed by atoms with E-state index in [2.05, 4.69) is 0 Å². The molecule has 0 spiro atoms. The van der Waals surface area contributed by atoms with Crippen LogP contribution in [0.25, 0.3) is 0 Å². The molecular weight excluding hydrogens is 239 g/mol. The maximum Gasteiger partial charge on any atom is 0.423 e. The normalized spacial score (nSPS) is 18.2. The number of alkyl halides is 3. The maximum atomic E-state index is 13.0. The Hall–Kier alpha value is -0.590. The summed E-state index contributed by atoms with van der Waals surface area (Å²) in [4.78, 5) is -0.116. The lowest BCUT2D eigenvalue weighted by Gasteiger charge is -2.35. The molecule has 2 unspecified atom stereocenters. The van der Waals surface area contributed by atoms with Crippen LogP contribution in [0.4, 0.5) is 13.2 Å². The van der Waals surface area contributed by atoms with E-state index in [9.17, 15) is 18.3 Å². The van der Waals surface area contributed by atoms with E-state index in [1.54, 1.807) is 6.07 Å². The summed E-state index contributed by atoms with van der Waals surface area (Å²) in [6.07, 6.45) is -4.72. The van der Waals surface area contributed by atoms with Crippen molar-refractivity contribution >= 4 is 11.3 Å². The van der Waals surface area contributed by atoms with Crippen molar-refractivity contribution in [1.82, 2.24) is 0 Å². The minimum absolute atomic E-state index is 0.0490. The molecule has 0 saturated heterocycles. The van der Waals surface area contributed by atoms with Crippen molar-refractivity contribution in [2.24, 2.45) is 5.73 Å². The Morgan fingerprint density at radius 1 is 1.50 bits per heavy atom. The summed E-state index contributed by atoms with van der Waals surface area (Å²) in [7, 11) is 0. The van der Waals surface area contributed by atoms with E-state index >= 15 is 0 Å². The fourth-order valence-corrected chi connectivity index (χ4v) is 2.67. The van der Waals surface area contributed by atoms with Crippen LogP contribution in [-0.4, -0.2) is 17.3 Å². The molecule has 2 atom stereocenters. The number of halogens is 3. The number of rotatable bonds is 3. The Bertz CT molecular complexity index is 363. The minimum Gasteiger partial charge on any atom is -0.374 e. The summed E-state index contributed by atoms with van der Waals surface area (Å²) in [6, 6.07) is 0.184. The molecule has 1 rings (SSSR count). The number of aryl methyl sites for hydroxylation is 1. The van der Waals surface area contributed by atoms with Gasteiger partial charge in [-0.1, -0.05) is 6.92 Å². The number of thiophene rings is 1. The zero-order valence-corrected chi connectivity index (χ0v) is 9.82. The fourth-order valence-electron chi connectivity index (χ4n) is 1.57. The van der Waals surface area contributed by atoms with Gasteiger partial charge in [0, 0.05) is 10.9 Å². The van der Waals surface area contributed by atoms with Crippen molar-refractivity contribution < 1.29 is 18.3 Å². The molecule has 3 N–H and O–H groups in total. The lowest BCUT2D eigenvalue weighted by molar-refractivity contribution is -0.273. The molecule has 0 aliphatic carbocycles. The van der Waals surface area contributed by atoms with Crippen LogP contribution in [0.2, 0.25) is 0 Å². The number of hydrogen-bond donors (Lipinski definition) is 2. The van der Waals surface area contributed by atoms with Gasteiger partial charge in [-0.2, -0.15) is 13.2 Å². The van der Waals surface area contributed by atoms with Gasteiger partial charge < -0.3 is 10.8 Å². The number of aliphatic hydroxyl groups is 1. The van der Waals surface area contributed by atoms with Crippen LogP contribution in [0, 0.1) is 6.92 Å². The number of hydrogen-bond acceptors (Lipinski definition) is 3. The van der Waals surface area contributed by atoms with Gasteiger partial charge in [0.2, 0.25) is 5.60 Å². The van der Waals surface area contributed by atoms with E-state index in [4.69, 9.17) is 5.73 Å². The third kappa shape index (κ3) is 1.97. The molecule has 0 radical (unpaired) electrons. The average Bonchev–Trinajstić information content (AvgIpc) is 2.60. The molecular formula is C10H14F3NOS. The van der Waals surface area contributed by atoms with E-state index in [1.807, 2.05) is 0 Å². The molecule has 0 saturated carbocycles. The zero-order valence-electron chi connectivity index (χ0n) is 9.01. The lowest BCUT2D eigenvalue weighted by atomic mass is 9.88. The van der Waals surface area contributed by atoms with Gasteiger partial charge in [0.1, 0.15) is 0 Å². The summed E-state index contributed by atoms with van der Waals surface area (Å²) in [5.74, 6) is 0. The molecule has 16 heavy (non-hydrogen) atoms. The minimum atomic E-state index is -4.77. The molecule has 1 aromatic rings. The summed E-state index contributed by atoms with van der Waals surface area (Å²) >= 11 is 0.877. The monoisotopic (exact) mass is 253 g/mol. The van der Waals surface area contributed by atoms with Gasteiger partial charge in [0.15, 0.2) is 0 Å². The van der Waals surface area contributed by atoms with Crippen molar-refractivity contribution in [3.05, 3.63) is 21.9 Å². The highest BCUT2D eigenvalue weighted by atomic mass is 32.1. The van der Waals surface area contributed by atoms with E-state index in [1.165, 1.54) is 19.2 Å². The second kappa shape index (κ2) is 4.35. The van der Waals surface area contributed by atoms with Gasteiger partial charge in [-0.25, -0.2) is 0 Å². The number of nitrogens with two attached hydrogens (primary N) is 1. The summed E-state index contributed by atoms with van der Waals surface area (Å²) < 4.78 is 38.9. The third-order valence-corrected chi connectivity index (χ3v) is 3.76. The SMILES string of the molecule is CCC(N)C(O)(c1sccc1C)C(F)(F)F. The van der Waals surface area contributed by atoms with Crippen molar-refractivity contribution in [3.8, 4) is 0 Å². The lowest BCUT2D eigenvalue weighted by Crippen LogP contribution is -2.55. The molecule has 0 aromatic carbocycles. The Morgan fingerprint density at radius 3 is 2.38 bits per heavy atom. The van der Waals surface area contributed by atoms with E-state index < -0.39 is 17.8 Å². The summed E-state index contributed by atoms with van der Waals surface area (Å²) in [5, 5.41) is 11.4. The van der Waals surface area contributed by atoms with Crippen LogP contribution in [-0.2, 0) is 5.60 Å². The smallest absolute Gasteiger partial charge is 0.374 e. The van der Waals surface area contributed by atoms with Crippen LogP contribution in [0.1, 0.15) is 23.8 Å². The summed E-state index contributed by atoms with van der Waals surface area (Å²) in [6.45, 7) is 3.05. The van der Waals surface area contributed by atoms with Gasteiger partial charge in [0.05, 0.1) is 0 Å². The molecule has 1 heterocycles. The summed E-state index contributed by atoms with van der Waals surface area (Å²) in [5.41, 5.74) is 2.90. The Kier molecular flexibility index (Phi) is 3.66. The van der Waals surface area contributed by atoms with E-state index in [0.29, 0.717) is 5.56 Å². The predicted molar refractivity (Wildman–Crippen MR) is 57.3 cm³/mol. The van der Waals surface area contributed by atoms with Crippen molar-refractivity contribution in [2.45, 2.75) is 38.1 Å². The standard InChI is InChI=1S/C10H14F3NOS/c1-3-7(14)9(15,10(11,12)13)8-6(2)4-5-16-8/h4-5,7,15H,3,14H2,1-2H3. The largest absolute Gasteiger partial charge is 0.423 e. The van der Waals surface area contributed by atoms with E-state index in [-0.39, 0.29) is 11.3 Å². The predicted octanol–water partition coefficient (Wildman–Crippen LogP) is 2.54. The highest BCUT2D eigenvalue weighted by molar-refractivity contribution is 7.10. The Balaban J connectivity index is 3.32. The first-order valence-corrected chi connectivity index (χ1v) is 5.72. The van der Waals surface area contributed by atoms with Crippen molar-refractivity contribution in [2.75, 3.05) is 0 Å². The molecule has 0 fully saturated rings. The van der Waals surface area contributed by atoms with Crippen LogP contribution >= 0.6 is 11.3 Å². The van der Waals surface area contributed by atoms with Gasteiger partial charge >= 0.3 is 6.18 Å². The Morgan fingerprint density at radius 2 is 2.06 bits per heavy atom. The first-order chi connectivity index (χ1) is 7.25. The third-order valence-electron chi connectivity index (χ3n) is 2.62. The quantitative estimate of drug-likeness (QED) is 0.869. The molecule has 92 valence electrons. The molecule has 1 aromatic heterocycles. The van der Waals surface area contributed by atoms with Crippen molar-refractivity contribution in [3.63, 3.8) is 0 Å². The van der Waals surface area contributed by atoms with Crippen molar-refractivity contribution in [1.29, 1.82) is 0 Å². The fraction of sp³-hybridized carbons (Fsp3) is 0.600. The first-order valence-electron chi connectivity index (χ1n) is 4.84. The van der Waals surface area contributed by atoms with Crippen LogP contribution in [0.15, 0.2) is 11.4 Å². The molecule has 6 heteroatoms. The topological polar surface area (TPSA) is 46.2 Å². The molecule has 0 amide bonds. The van der Waals surface area contributed by atoms with Crippen LogP contribution in [0.5, 0.6) is 0 Å². The average molecular weight is 253 g/mol. The highest BCUT2D eigenvalue weighted by Gasteiger charge is 2.59.